The summed E-state index contributed by atoms with van der Waals surface area (Å²) in [4.78, 5) is 27.5. The molecule has 1 aromatic heterocycles. The number of nitrogens with zero attached hydrogens (tertiary/aromatic N) is 1. The van der Waals surface area contributed by atoms with Crippen LogP contribution < -0.4 is 15.7 Å². The second-order valence-corrected chi connectivity index (χ2v) is 19.7. The fraction of sp³-hybridized carbons (Fsp3) is 0.583. The van der Waals surface area contributed by atoms with E-state index < -0.39 is 8.56 Å². The zero-order valence-corrected chi connectivity index (χ0v) is 23.9. The molecule has 0 saturated carbocycles. The first kappa shape index (κ1) is 25.0. The Balaban J connectivity index is 1.79. The molecule has 2 saturated heterocycles. The Labute approximate surface area is 207 Å². The van der Waals surface area contributed by atoms with E-state index in [9.17, 15) is 9.59 Å². The van der Waals surface area contributed by atoms with E-state index in [1.807, 2.05) is 6.07 Å². The van der Waals surface area contributed by atoms with Crippen molar-refractivity contribution in [1.29, 1.82) is 0 Å². The van der Waals surface area contributed by atoms with Crippen molar-refractivity contribution in [3.05, 3.63) is 62.9 Å². The topological polar surface area (TPSA) is 73.3 Å². The summed E-state index contributed by atoms with van der Waals surface area (Å²) in [5.41, 5.74) is -0.138. The van der Waals surface area contributed by atoms with E-state index in [1.54, 1.807) is 29.4 Å². The number of hydrogen-bond acceptors (Lipinski definition) is 5. The molecule has 3 heterocycles. The summed E-state index contributed by atoms with van der Waals surface area (Å²) in [6.45, 7) is 15.8. The summed E-state index contributed by atoms with van der Waals surface area (Å²) in [7, 11) is -2.64. The summed E-state index contributed by atoms with van der Waals surface area (Å²) in [6, 6.07) is 10.5. The first-order valence-electron chi connectivity index (χ1n) is 11.3. The van der Waals surface area contributed by atoms with Gasteiger partial charge in [-0.15, -0.1) is 0 Å². The monoisotopic (exact) mass is 554 g/mol. The maximum atomic E-state index is 12.9. The molecule has 4 atom stereocenters. The van der Waals surface area contributed by atoms with Gasteiger partial charge in [-0.2, -0.15) is 0 Å². The molecule has 0 spiro atoms. The van der Waals surface area contributed by atoms with Gasteiger partial charge in [0.15, 0.2) is 0 Å². The molecule has 180 valence electrons. The van der Waals surface area contributed by atoms with Gasteiger partial charge < -0.3 is 0 Å². The van der Waals surface area contributed by atoms with Gasteiger partial charge in [0, 0.05) is 0 Å². The number of rotatable bonds is 3. The minimum atomic E-state index is -2.64. The third kappa shape index (κ3) is 4.48. The Hall–Kier alpha value is -1.09. The van der Waals surface area contributed by atoms with Crippen molar-refractivity contribution in [1.82, 2.24) is 9.55 Å². The van der Waals surface area contributed by atoms with Crippen molar-refractivity contribution in [2.45, 2.75) is 80.1 Å². The summed E-state index contributed by atoms with van der Waals surface area (Å²) in [5.74, 6) is 0. The van der Waals surface area contributed by atoms with Crippen LogP contribution in [0.25, 0.3) is 0 Å². The molecule has 6 nitrogen and oxygen atoms in total. The van der Waals surface area contributed by atoms with Crippen LogP contribution in [0.4, 0.5) is 0 Å². The van der Waals surface area contributed by atoms with Crippen LogP contribution in [0.5, 0.6) is 0 Å². The van der Waals surface area contributed by atoms with Crippen LogP contribution in [-0.2, 0) is 8.85 Å². The number of nitrogens with one attached hydrogen (secondary N) is 1. The molecule has 9 heteroatoms. The molecule has 33 heavy (non-hydrogen) atoms. The number of aromatic amines is 1. The molecule has 2 aliphatic heterocycles. The summed E-state index contributed by atoms with van der Waals surface area (Å²) in [6.07, 6.45) is 1.71. The Morgan fingerprint density at radius 1 is 1.09 bits per heavy atom. The van der Waals surface area contributed by atoms with Crippen molar-refractivity contribution in [3.63, 3.8) is 0 Å². The van der Waals surface area contributed by atoms with E-state index in [0.29, 0.717) is 12.2 Å². The van der Waals surface area contributed by atoms with Gasteiger partial charge in [-0.1, -0.05) is 0 Å². The van der Waals surface area contributed by atoms with Gasteiger partial charge in [0.1, 0.15) is 0 Å². The number of fused-ring (bicyclic) bond motifs is 1. The van der Waals surface area contributed by atoms with Crippen molar-refractivity contribution < 1.29 is 8.85 Å². The van der Waals surface area contributed by atoms with Crippen molar-refractivity contribution in [2.24, 2.45) is 0 Å². The van der Waals surface area contributed by atoms with Gasteiger partial charge in [-0.05, 0) is 0 Å². The number of hydrogen-bond donors (Lipinski definition) is 1. The Morgan fingerprint density at radius 2 is 1.73 bits per heavy atom. The van der Waals surface area contributed by atoms with Crippen LogP contribution in [0.1, 0.15) is 52.5 Å². The predicted molar refractivity (Wildman–Crippen MR) is 138 cm³/mol. The number of aryl methyl sites for hydroxylation is 1. The third-order valence-electron chi connectivity index (χ3n) is 6.45. The van der Waals surface area contributed by atoms with E-state index >= 15 is 0 Å². The van der Waals surface area contributed by atoms with Gasteiger partial charge >= 0.3 is 208 Å². The SMILES string of the molecule is Cc1cn([C@@H]2S[C@@H]3CO[Si](C(C)(C)C)(C(C)(C)C)O[C@H]3[C@H]2[Se]c2ccccc2)c(=O)[nH]c1=O. The number of H-pyrrole nitrogens is 1. The van der Waals surface area contributed by atoms with Crippen molar-refractivity contribution >= 4 is 39.7 Å². The average molecular weight is 554 g/mol. The van der Waals surface area contributed by atoms with E-state index in [0.717, 1.165) is 0 Å². The maximum absolute atomic E-state index is 12.9. The van der Waals surface area contributed by atoms with E-state index in [-0.39, 0.29) is 57.8 Å². The Morgan fingerprint density at radius 3 is 2.33 bits per heavy atom. The number of benzene rings is 1. The molecular weight excluding hydrogens is 519 g/mol. The van der Waals surface area contributed by atoms with Gasteiger partial charge in [-0.3, -0.25) is 0 Å². The molecule has 0 amide bonds. The van der Waals surface area contributed by atoms with Crippen LogP contribution >= 0.6 is 11.8 Å². The minimum absolute atomic E-state index is 0.00166. The van der Waals surface area contributed by atoms with Crippen molar-refractivity contribution in [2.75, 3.05) is 6.61 Å². The molecule has 0 unspecified atom stereocenters. The summed E-state index contributed by atoms with van der Waals surface area (Å²) in [5, 5.41) is -0.171. The molecule has 2 aliphatic rings. The fourth-order valence-corrected chi connectivity index (χ4v) is 15.6. The molecule has 2 fully saturated rings. The molecular formula is C24H34N2O4SSeSi. The average Bonchev–Trinajstić information content (AvgIpc) is 3.07. The molecule has 1 N–H and O–H groups in total. The molecule has 0 radical (unpaired) electrons. The second-order valence-electron chi connectivity index (χ2n) is 10.9. The third-order valence-corrected chi connectivity index (χ3v) is 16.3. The zero-order chi connectivity index (χ0) is 24.2. The van der Waals surface area contributed by atoms with Crippen LogP contribution in [0.2, 0.25) is 14.9 Å². The van der Waals surface area contributed by atoms with Crippen LogP contribution in [0, 0.1) is 6.92 Å². The second kappa shape index (κ2) is 8.84. The zero-order valence-electron chi connectivity index (χ0n) is 20.4. The number of aromatic nitrogens is 2. The van der Waals surface area contributed by atoms with Gasteiger partial charge in [0.25, 0.3) is 0 Å². The molecule has 1 aromatic carbocycles. The van der Waals surface area contributed by atoms with Gasteiger partial charge in [-0.25, -0.2) is 0 Å². The van der Waals surface area contributed by atoms with Crippen LogP contribution in [-0.4, -0.2) is 51.0 Å². The van der Waals surface area contributed by atoms with E-state index in [1.165, 1.54) is 4.46 Å². The van der Waals surface area contributed by atoms with E-state index in [2.05, 4.69) is 70.8 Å². The first-order chi connectivity index (χ1) is 15.3. The first-order valence-corrected chi connectivity index (χ1v) is 16.0. The van der Waals surface area contributed by atoms with Crippen molar-refractivity contribution in [3.8, 4) is 0 Å². The van der Waals surface area contributed by atoms with Gasteiger partial charge in [0.2, 0.25) is 0 Å². The quantitative estimate of drug-likeness (QED) is 0.587. The molecule has 0 aliphatic carbocycles. The predicted octanol–water partition coefficient (Wildman–Crippen LogP) is 3.74. The fourth-order valence-electron chi connectivity index (χ4n) is 5.10. The normalized spacial score (nSPS) is 27.4. The summed E-state index contributed by atoms with van der Waals surface area (Å²) < 4.78 is 16.9. The van der Waals surface area contributed by atoms with E-state index in [4.69, 9.17) is 8.85 Å². The van der Waals surface area contributed by atoms with Crippen LogP contribution in [0.15, 0.2) is 46.1 Å². The Bertz CT molecular complexity index is 1110. The van der Waals surface area contributed by atoms with Crippen LogP contribution in [0.3, 0.4) is 0 Å². The van der Waals surface area contributed by atoms with Gasteiger partial charge in [0.05, 0.1) is 0 Å². The number of thioether (sulfide) groups is 1. The Kier molecular flexibility index (Phi) is 6.70. The molecule has 2 aromatic rings. The molecule has 4 rings (SSSR count). The standard InChI is InChI=1S/C24H34N2O4SSeSi/c1-15-13-26(22(28)25-20(15)27)21-19(32-16-11-9-8-10-12-16)18-17(31-21)14-29-33(30-18,23(2,3)4)24(5,6)7/h8-13,17-19,21H,14H2,1-7H3,(H,25,27,28)/t17-,18-,19-,21-/m1/s1. The summed E-state index contributed by atoms with van der Waals surface area (Å²) >= 11 is 1.83. The molecule has 0 bridgehead atoms.